The predicted molar refractivity (Wildman–Crippen MR) is 97.0 cm³/mol. The van der Waals surface area contributed by atoms with Gasteiger partial charge in [-0.1, -0.05) is 6.07 Å². The Hall–Kier alpha value is -3.07. The zero-order valence-corrected chi connectivity index (χ0v) is 14.4. The molecule has 1 aromatic carbocycles. The van der Waals surface area contributed by atoms with Crippen LogP contribution >= 0.6 is 0 Å². The number of nitrogens with one attached hydrogen (secondary N) is 1. The molecule has 2 heterocycles. The van der Waals surface area contributed by atoms with E-state index in [0.717, 1.165) is 5.69 Å². The van der Waals surface area contributed by atoms with E-state index in [0.29, 0.717) is 32.1 Å². The van der Waals surface area contributed by atoms with Crippen molar-refractivity contribution < 1.29 is 9.72 Å². The summed E-state index contributed by atoms with van der Waals surface area (Å²) < 4.78 is 0. The van der Waals surface area contributed by atoms with Gasteiger partial charge in [-0.2, -0.15) is 0 Å². The Kier molecular flexibility index (Phi) is 5.37. The van der Waals surface area contributed by atoms with Crippen LogP contribution in [0.25, 0.3) is 0 Å². The zero-order valence-electron chi connectivity index (χ0n) is 14.4. The standard InChI is InChI=1S/C17H20N6O3/c1-13(16(24)20-17-18-6-3-7-19-17)21-8-10-22(11-9-21)14-4-2-5-15(12-14)23(25)26/h2-7,12-13H,8-11H2,1H3,(H,18,19,20,24)/t13-/m1/s1. The smallest absolute Gasteiger partial charge is 0.271 e. The van der Waals surface area contributed by atoms with Gasteiger partial charge in [-0.05, 0) is 19.1 Å². The van der Waals surface area contributed by atoms with Crippen LogP contribution in [0.2, 0.25) is 0 Å². The van der Waals surface area contributed by atoms with Crippen LogP contribution in [0.15, 0.2) is 42.7 Å². The summed E-state index contributed by atoms with van der Waals surface area (Å²) in [5.41, 5.74) is 0.911. The lowest BCUT2D eigenvalue weighted by atomic mass is 10.2. The van der Waals surface area contributed by atoms with Gasteiger partial charge in [-0.3, -0.25) is 25.1 Å². The Morgan fingerprint density at radius 2 is 1.88 bits per heavy atom. The third-order valence-corrected chi connectivity index (χ3v) is 4.45. The van der Waals surface area contributed by atoms with Crippen molar-refractivity contribution in [3.05, 3.63) is 52.8 Å². The minimum absolute atomic E-state index is 0.0838. The zero-order chi connectivity index (χ0) is 18.5. The molecule has 1 aliphatic rings. The van der Waals surface area contributed by atoms with E-state index in [1.807, 2.05) is 13.0 Å². The van der Waals surface area contributed by atoms with Crippen molar-refractivity contribution in [2.24, 2.45) is 0 Å². The van der Waals surface area contributed by atoms with Crippen molar-refractivity contribution in [3.63, 3.8) is 0 Å². The molecule has 1 amide bonds. The Morgan fingerprint density at radius 3 is 2.54 bits per heavy atom. The largest absolute Gasteiger partial charge is 0.369 e. The van der Waals surface area contributed by atoms with E-state index in [4.69, 9.17) is 0 Å². The van der Waals surface area contributed by atoms with Crippen LogP contribution in [0.1, 0.15) is 6.92 Å². The number of benzene rings is 1. The second-order valence-electron chi connectivity index (χ2n) is 6.04. The van der Waals surface area contributed by atoms with Gasteiger partial charge in [0.05, 0.1) is 11.0 Å². The predicted octanol–water partition coefficient (Wildman–Crippen LogP) is 1.53. The first-order chi connectivity index (χ1) is 12.5. The van der Waals surface area contributed by atoms with Crippen LogP contribution in [0.5, 0.6) is 0 Å². The molecule has 0 spiro atoms. The van der Waals surface area contributed by atoms with E-state index in [2.05, 4.69) is 25.1 Å². The SMILES string of the molecule is C[C@H](C(=O)Nc1ncccn1)N1CCN(c2cccc([N+](=O)[O-])c2)CC1. The van der Waals surface area contributed by atoms with Crippen LogP contribution in [0, 0.1) is 10.1 Å². The second-order valence-corrected chi connectivity index (χ2v) is 6.04. The van der Waals surface area contributed by atoms with Crippen molar-refractivity contribution >= 4 is 23.2 Å². The summed E-state index contributed by atoms with van der Waals surface area (Å²) >= 11 is 0. The molecule has 1 N–H and O–H groups in total. The summed E-state index contributed by atoms with van der Waals surface area (Å²) in [6.45, 7) is 4.61. The van der Waals surface area contributed by atoms with E-state index < -0.39 is 4.92 Å². The molecule has 136 valence electrons. The monoisotopic (exact) mass is 356 g/mol. The van der Waals surface area contributed by atoms with Gasteiger partial charge in [0.15, 0.2) is 0 Å². The second kappa shape index (κ2) is 7.87. The number of nitro benzene ring substituents is 1. The third-order valence-electron chi connectivity index (χ3n) is 4.45. The number of hydrogen-bond donors (Lipinski definition) is 1. The van der Waals surface area contributed by atoms with Gasteiger partial charge in [-0.25, -0.2) is 9.97 Å². The summed E-state index contributed by atoms with van der Waals surface area (Å²) in [7, 11) is 0. The number of non-ortho nitro benzene ring substituents is 1. The van der Waals surface area contributed by atoms with Gasteiger partial charge in [0.1, 0.15) is 0 Å². The van der Waals surface area contributed by atoms with Crippen molar-refractivity contribution in [3.8, 4) is 0 Å². The molecule has 1 saturated heterocycles. The lowest BCUT2D eigenvalue weighted by molar-refractivity contribution is -0.384. The maximum atomic E-state index is 12.4. The molecule has 3 rings (SSSR count). The van der Waals surface area contributed by atoms with Crippen LogP contribution in [-0.2, 0) is 4.79 Å². The van der Waals surface area contributed by atoms with Gasteiger partial charge in [-0.15, -0.1) is 0 Å². The van der Waals surface area contributed by atoms with Crippen LogP contribution in [0.4, 0.5) is 17.3 Å². The minimum atomic E-state index is -0.391. The molecule has 0 bridgehead atoms. The van der Waals surface area contributed by atoms with E-state index >= 15 is 0 Å². The molecule has 0 aliphatic carbocycles. The minimum Gasteiger partial charge on any atom is -0.369 e. The summed E-state index contributed by atoms with van der Waals surface area (Å²) in [4.78, 5) is 35.1. The molecule has 1 fully saturated rings. The van der Waals surface area contributed by atoms with Gasteiger partial charge < -0.3 is 4.90 Å². The highest BCUT2D eigenvalue weighted by molar-refractivity contribution is 5.93. The molecule has 26 heavy (non-hydrogen) atoms. The molecule has 0 unspecified atom stereocenters. The fourth-order valence-electron chi connectivity index (χ4n) is 2.91. The number of amides is 1. The molecule has 9 heteroatoms. The van der Waals surface area contributed by atoms with E-state index in [1.54, 1.807) is 30.6 Å². The van der Waals surface area contributed by atoms with E-state index in [1.165, 1.54) is 6.07 Å². The number of carbonyl (C=O) groups is 1. The number of carbonyl (C=O) groups excluding carboxylic acids is 1. The Bertz CT molecular complexity index is 777. The Balaban J connectivity index is 1.57. The number of nitrogens with zero attached hydrogens (tertiary/aromatic N) is 5. The lowest BCUT2D eigenvalue weighted by Gasteiger charge is -2.38. The first kappa shape index (κ1) is 17.7. The molecule has 0 saturated carbocycles. The molecule has 9 nitrogen and oxygen atoms in total. The molecular weight excluding hydrogens is 336 g/mol. The van der Waals surface area contributed by atoms with E-state index in [-0.39, 0.29) is 17.6 Å². The number of piperazine rings is 1. The molecule has 2 aromatic rings. The van der Waals surface area contributed by atoms with Crippen molar-refractivity contribution in [1.82, 2.24) is 14.9 Å². The number of hydrogen-bond acceptors (Lipinski definition) is 7. The number of rotatable bonds is 5. The van der Waals surface area contributed by atoms with Crippen molar-refractivity contribution in [2.45, 2.75) is 13.0 Å². The maximum Gasteiger partial charge on any atom is 0.271 e. The highest BCUT2D eigenvalue weighted by Crippen LogP contribution is 2.22. The van der Waals surface area contributed by atoms with Gasteiger partial charge in [0.25, 0.3) is 5.69 Å². The highest BCUT2D eigenvalue weighted by Gasteiger charge is 2.26. The summed E-state index contributed by atoms with van der Waals surface area (Å²) in [6, 6.07) is 8.00. The quantitative estimate of drug-likeness (QED) is 0.640. The van der Waals surface area contributed by atoms with Crippen LogP contribution in [-0.4, -0.2) is 57.9 Å². The molecular formula is C17H20N6O3. The number of anilines is 2. The molecule has 1 aliphatic heterocycles. The average molecular weight is 356 g/mol. The van der Waals surface area contributed by atoms with Crippen LogP contribution < -0.4 is 10.2 Å². The molecule has 1 aromatic heterocycles. The van der Waals surface area contributed by atoms with Crippen molar-refractivity contribution in [2.75, 3.05) is 36.4 Å². The van der Waals surface area contributed by atoms with Gasteiger partial charge in [0, 0.05) is 56.4 Å². The summed E-state index contributed by atoms with van der Waals surface area (Å²) in [6.07, 6.45) is 3.15. The fourth-order valence-corrected chi connectivity index (χ4v) is 2.91. The third kappa shape index (κ3) is 4.12. The van der Waals surface area contributed by atoms with Gasteiger partial charge in [0.2, 0.25) is 11.9 Å². The summed E-state index contributed by atoms with van der Waals surface area (Å²) in [5.74, 6) is 0.138. The molecule has 1 atom stereocenters. The Labute approximate surface area is 150 Å². The number of nitro groups is 1. The first-order valence-corrected chi connectivity index (χ1v) is 8.36. The molecule has 0 radical (unpaired) electrons. The first-order valence-electron chi connectivity index (χ1n) is 8.36. The average Bonchev–Trinajstić information content (AvgIpc) is 2.68. The van der Waals surface area contributed by atoms with Gasteiger partial charge >= 0.3 is 0 Å². The fraction of sp³-hybridized carbons (Fsp3) is 0.353. The topological polar surface area (TPSA) is 104 Å². The maximum absolute atomic E-state index is 12.4. The highest BCUT2D eigenvalue weighted by atomic mass is 16.6. The van der Waals surface area contributed by atoms with Crippen molar-refractivity contribution in [1.29, 1.82) is 0 Å². The van der Waals surface area contributed by atoms with Crippen LogP contribution in [0.3, 0.4) is 0 Å². The van der Waals surface area contributed by atoms with E-state index in [9.17, 15) is 14.9 Å². The normalized spacial score (nSPS) is 16.1. The lowest BCUT2D eigenvalue weighted by Crippen LogP contribution is -2.52. The Morgan fingerprint density at radius 1 is 1.19 bits per heavy atom. The number of aromatic nitrogens is 2. The summed E-state index contributed by atoms with van der Waals surface area (Å²) in [5, 5.41) is 13.6.